The van der Waals surface area contributed by atoms with Crippen molar-refractivity contribution in [3.63, 3.8) is 0 Å². The topological polar surface area (TPSA) is 93.0 Å². The number of likely N-dealkylation sites (N-methyl/N-ethyl adjacent to an activating group) is 1. The third-order valence-corrected chi connectivity index (χ3v) is 6.68. The minimum absolute atomic E-state index is 0.293. The molecule has 4 aromatic rings. The van der Waals surface area contributed by atoms with Crippen molar-refractivity contribution in [1.82, 2.24) is 25.1 Å². The molecule has 5 rings (SSSR count). The SMILES string of the molecule is COc1cc(-c2c[nH]c3nnc(-c4cc(C)c(C5(CN(C)C)CC5)c(C)c4)cc23)cnc1N. The van der Waals surface area contributed by atoms with Crippen LogP contribution < -0.4 is 10.5 Å². The van der Waals surface area contributed by atoms with Crippen molar-refractivity contribution in [1.29, 1.82) is 0 Å². The van der Waals surface area contributed by atoms with Crippen LogP contribution in [0.2, 0.25) is 0 Å². The van der Waals surface area contributed by atoms with Crippen LogP contribution in [0.25, 0.3) is 33.4 Å². The third-order valence-electron chi connectivity index (χ3n) is 6.68. The van der Waals surface area contributed by atoms with E-state index >= 15 is 0 Å². The van der Waals surface area contributed by atoms with Crippen LogP contribution in [0, 0.1) is 13.8 Å². The molecule has 3 N–H and O–H groups in total. The number of aryl methyl sites for hydroxylation is 2. The smallest absolute Gasteiger partial charge is 0.166 e. The van der Waals surface area contributed by atoms with Gasteiger partial charge in [-0.25, -0.2) is 4.98 Å². The maximum atomic E-state index is 5.90. The number of nitrogens with zero attached hydrogens (tertiary/aromatic N) is 4. The third kappa shape index (κ3) is 3.72. The fourth-order valence-electron chi connectivity index (χ4n) is 5.26. The Bertz CT molecular complexity index is 1330. The van der Waals surface area contributed by atoms with Crippen molar-refractivity contribution in [3.05, 3.63) is 53.3 Å². The van der Waals surface area contributed by atoms with Crippen molar-refractivity contribution in [2.45, 2.75) is 32.1 Å². The van der Waals surface area contributed by atoms with Gasteiger partial charge in [0.25, 0.3) is 0 Å². The Kier molecular flexibility index (Phi) is 5.09. The molecular weight excluding hydrogens is 412 g/mol. The van der Waals surface area contributed by atoms with Gasteiger partial charge in [-0.2, -0.15) is 0 Å². The predicted molar refractivity (Wildman–Crippen MR) is 132 cm³/mol. The van der Waals surface area contributed by atoms with Crippen molar-refractivity contribution in [2.75, 3.05) is 33.5 Å². The predicted octanol–water partition coefficient (Wildman–Crippen LogP) is 4.49. The van der Waals surface area contributed by atoms with E-state index in [1.807, 2.05) is 12.3 Å². The molecule has 0 atom stereocenters. The van der Waals surface area contributed by atoms with Crippen LogP contribution in [-0.4, -0.2) is 52.8 Å². The minimum Gasteiger partial charge on any atom is -0.493 e. The van der Waals surface area contributed by atoms with E-state index < -0.39 is 0 Å². The van der Waals surface area contributed by atoms with E-state index in [9.17, 15) is 0 Å². The lowest BCUT2D eigenvalue weighted by atomic mass is 9.86. The molecule has 0 bridgehead atoms. The maximum Gasteiger partial charge on any atom is 0.166 e. The number of nitrogens with one attached hydrogen (secondary N) is 1. The Balaban J connectivity index is 1.57. The van der Waals surface area contributed by atoms with Gasteiger partial charge < -0.3 is 20.4 Å². The summed E-state index contributed by atoms with van der Waals surface area (Å²) in [5.74, 6) is 0.924. The Morgan fingerprint density at radius 3 is 2.42 bits per heavy atom. The number of nitrogen functional groups attached to an aromatic ring is 1. The van der Waals surface area contributed by atoms with Gasteiger partial charge in [-0.05, 0) is 81.7 Å². The van der Waals surface area contributed by atoms with Crippen LogP contribution in [0.4, 0.5) is 5.82 Å². The zero-order chi connectivity index (χ0) is 23.3. The zero-order valence-electron chi connectivity index (χ0n) is 19.9. The molecule has 1 fully saturated rings. The summed E-state index contributed by atoms with van der Waals surface area (Å²) < 4.78 is 5.35. The summed E-state index contributed by atoms with van der Waals surface area (Å²) in [5, 5.41) is 9.96. The summed E-state index contributed by atoms with van der Waals surface area (Å²) in [5.41, 5.74) is 14.9. The lowest BCUT2D eigenvalue weighted by Crippen LogP contribution is -2.27. The number of methoxy groups -OCH3 is 1. The molecule has 0 saturated heterocycles. The van der Waals surface area contributed by atoms with Crippen molar-refractivity contribution in [3.8, 4) is 28.1 Å². The van der Waals surface area contributed by atoms with Crippen LogP contribution >= 0.6 is 0 Å². The van der Waals surface area contributed by atoms with E-state index in [4.69, 9.17) is 10.5 Å². The van der Waals surface area contributed by atoms with Gasteiger partial charge in [0.15, 0.2) is 17.2 Å². The molecule has 1 aliphatic rings. The van der Waals surface area contributed by atoms with E-state index in [-0.39, 0.29) is 0 Å². The summed E-state index contributed by atoms with van der Waals surface area (Å²) in [6.45, 7) is 5.54. The van der Waals surface area contributed by atoms with Gasteiger partial charge in [0, 0.05) is 46.4 Å². The van der Waals surface area contributed by atoms with Crippen LogP contribution in [0.1, 0.15) is 29.5 Å². The summed E-state index contributed by atoms with van der Waals surface area (Å²) in [4.78, 5) is 9.79. The van der Waals surface area contributed by atoms with Gasteiger partial charge in [-0.3, -0.25) is 0 Å². The van der Waals surface area contributed by atoms with Crippen LogP contribution in [0.3, 0.4) is 0 Å². The number of ether oxygens (including phenoxy) is 1. The average molecular weight is 443 g/mol. The van der Waals surface area contributed by atoms with Gasteiger partial charge in [0.1, 0.15) is 0 Å². The molecule has 0 unspecified atom stereocenters. The van der Waals surface area contributed by atoms with Crippen molar-refractivity contribution >= 4 is 16.9 Å². The fraction of sp³-hybridized carbons (Fsp3) is 0.346. The molecule has 33 heavy (non-hydrogen) atoms. The molecule has 7 nitrogen and oxygen atoms in total. The van der Waals surface area contributed by atoms with Crippen LogP contribution in [-0.2, 0) is 5.41 Å². The molecule has 0 aliphatic heterocycles. The molecule has 3 aromatic heterocycles. The normalized spacial score (nSPS) is 14.7. The van der Waals surface area contributed by atoms with Gasteiger partial charge in [0.2, 0.25) is 0 Å². The molecule has 0 radical (unpaired) electrons. The first-order valence-electron chi connectivity index (χ1n) is 11.2. The van der Waals surface area contributed by atoms with Gasteiger partial charge in [-0.15, -0.1) is 10.2 Å². The Labute approximate surface area is 194 Å². The number of pyridine rings is 1. The van der Waals surface area contributed by atoms with Gasteiger partial charge in [-0.1, -0.05) is 0 Å². The second-order valence-corrected chi connectivity index (χ2v) is 9.51. The zero-order valence-corrected chi connectivity index (χ0v) is 19.9. The van der Waals surface area contributed by atoms with E-state index in [1.165, 1.54) is 29.5 Å². The number of hydrogen-bond acceptors (Lipinski definition) is 6. The van der Waals surface area contributed by atoms with E-state index in [0.29, 0.717) is 17.0 Å². The maximum absolute atomic E-state index is 5.90. The van der Waals surface area contributed by atoms with E-state index in [0.717, 1.165) is 40.0 Å². The molecule has 7 heteroatoms. The molecule has 0 spiro atoms. The quantitative estimate of drug-likeness (QED) is 0.457. The molecule has 0 amide bonds. The largest absolute Gasteiger partial charge is 0.493 e. The molecule has 1 saturated carbocycles. The number of fused-ring (bicyclic) bond motifs is 1. The standard InChI is InChI=1S/C26H30N6O/c1-15-8-17(9-16(2)23(15)26(6-7-26)14-32(3)4)21-11-19-20(13-29-25(19)31-30-21)18-10-22(33-5)24(27)28-12-18/h8-13H,6-7,14H2,1-5H3,(H2,27,28)(H,29,31). The summed E-state index contributed by atoms with van der Waals surface area (Å²) >= 11 is 0. The highest BCUT2D eigenvalue weighted by atomic mass is 16.5. The first kappa shape index (κ1) is 21.4. The summed E-state index contributed by atoms with van der Waals surface area (Å²) in [6.07, 6.45) is 6.19. The first-order chi connectivity index (χ1) is 15.8. The highest BCUT2D eigenvalue weighted by Gasteiger charge is 2.46. The number of hydrogen-bond donors (Lipinski definition) is 2. The van der Waals surface area contributed by atoms with E-state index in [2.05, 4.69) is 71.2 Å². The average Bonchev–Trinajstić information content (AvgIpc) is 3.40. The molecule has 1 aromatic carbocycles. The molecule has 3 heterocycles. The minimum atomic E-state index is 0.293. The molecule has 1 aliphatic carbocycles. The fourth-order valence-corrected chi connectivity index (χ4v) is 5.26. The summed E-state index contributed by atoms with van der Waals surface area (Å²) in [7, 11) is 5.91. The first-order valence-corrected chi connectivity index (χ1v) is 11.2. The van der Waals surface area contributed by atoms with E-state index in [1.54, 1.807) is 13.3 Å². The van der Waals surface area contributed by atoms with Gasteiger partial charge >= 0.3 is 0 Å². The Hall–Kier alpha value is -3.45. The lowest BCUT2D eigenvalue weighted by Gasteiger charge is -2.25. The molecular formula is C26H30N6O. The number of H-pyrrole nitrogens is 1. The number of rotatable bonds is 6. The number of aromatic amines is 1. The molecule has 170 valence electrons. The van der Waals surface area contributed by atoms with Crippen molar-refractivity contribution < 1.29 is 4.74 Å². The van der Waals surface area contributed by atoms with Crippen molar-refractivity contribution in [2.24, 2.45) is 0 Å². The lowest BCUT2D eigenvalue weighted by molar-refractivity contribution is 0.361. The number of nitrogens with two attached hydrogens (primary N) is 1. The number of aromatic nitrogens is 4. The second-order valence-electron chi connectivity index (χ2n) is 9.51. The van der Waals surface area contributed by atoms with Crippen LogP contribution in [0.5, 0.6) is 5.75 Å². The Morgan fingerprint density at radius 1 is 1.06 bits per heavy atom. The van der Waals surface area contributed by atoms with Crippen LogP contribution in [0.15, 0.2) is 36.7 Å². The highest BCUT2D eigenvalue weighted by Crippen LogP contribution is 2.51. The monoisotopic (exact) mass is 442 g/mol. The van der Waals surface area contributed by atoms with Gasteiger partial charge in [0.05, 0.1) is 12.8 Å². The number of anilines is 1. The summed E-state index contributed by atoms with van der Waals surface area (Å²) in [6, 6.07) is 8.51. The number of benzene rings is 1. The Morgan fingerprint density at radius 2 is 1.79 bits per heavy atom. The second kappa shape index (κ2) is 7.85. The highest BCUT2D eigenvalue weighted by molar-refractivity contribution is 5.95.